The summed E-state index contributed by atoms with van der Waals surface area (Å²) in [6.07, 6.45) is 3.46. The van der Waals surface area contributed by atoms with Crippen LogP contribution in [0.25, 0.3) is 0 Å². The van der Waals surface area contributed by atoms with Gasteiger partial charge in [0.05, 0.1) is 0 Å². The molecule has 21 heavy (non-hydrogen) atoms. The Morgan fingerprint density at radius 2 is 1.95 bits per heavy atom. The molecule has 1 aliphatic rings. The Labute approximate surface area is 127 Å². The third-order valence-electron chi connectivity index (χ3n) is 3.60. The first-order valence-electron chi connectivity index (χ1n) is 7.72. The number of carbonyl (C=O) groups is 2. The van der Waals surface area contributed by atoms with Crippen molar-refractivity contribution in [3.05, 3.63) is 0 Å². The van der Waals surface area contributed by atoms with E-state index in [0.29, 0.717) is 31.5 Å². The zero-order valence-corrected chi connectivity index (χ0v) is 13.6. The maximum Gasteiger partial charge on any atom is 0.407 e. The third kappa shape index (κ3) is 7.32. The van der Waals surface area contributed by atoms with E-state index in [1.165, 1.54) is 0 Å². The van der Waals surface area contributed by atoms with Crippen LogP contribution in [0, 0.1) is 5.92 Å². The largest absolute Gasteiger partial charge is 0.444 e. The fourth-order valence-electron chi connectivity index (χ4n) is 2.57. The van der Waals surface area contributed by atoms with Gasteiger partial charge in [-0.3, -0.25) is 4.79 Å². The lowest BCUT2D eigenvalue weighted by Crippen LogP contribution is -2.41. The molecule has 0 aromatic carbocycles. The maximum absolute atomic E-state index is 11.7. The number of amides is 2. The van der Waals surface area contributed by atoms with E-state index in [2.05, 4.69) is 16.0 Å². The molecule has 1 fully saturated rings. The molecule has 1 rings (SSSR count). The number of carbonyl (C=O) groups excluding carboxylic acids is 2. The smallest absolute Gasteiger partial charge is 0.407 e. The molecule has 3 N–H and O–H groups in total. The quantitative estimate of drug-likeness (QED) is 0.693. The highest BCUT2D eigenvalue weighted by atomic mass is 16.6. The lowest BCUT2D eigenvalue weighted by Gasteiger charge is -2.23. The van der Waals surface area contributed by atoms with Crippen LogP contribution >= 0.6 is 0 Å². The summed E-state index contributed by atoms with van der Waals surface area (Å²) in [7, 11) is 1.64. The molecule has 0 aliphatic heterocycles. The fourth-order valence-corrected chi connectivity index (χ4v) is 2.57. The van der Waals surface area contributed by atoms with E-state index in [4.69, 9.17) is 4.74 Å². The zero-order chi connectivity index (χ0) is 15.9. The summed E-state index contributed by atoms with van der Waals surface area (Å²) in [6, 6.07) is 0.365. The molecule has 0 aromatic rings. The van der Waals surface area contributed by atoms with Crippen molar-refractivity contribution in [1.29, 1.82) is 0 Å². The molecule has 0 aromatic heterocycles. The molecule has 1 aliphatic carbocycles. The van der Waals surface area contributed by atoms with Gasteiger partial charge in [0.15, 0.2) is 0 Å². The molecule has 1 saturated carbocycles. The monoisotopic (exact) mass is 299 g/mol. The van der Waals surface area contributed by atoms with Gasteiger partial charge in [-0.25, -0.2) is 4.79 Å². The molecule has 0 radical (unpaired) electrons. The molecular weight excluding hydrogens is 270 g/mol. The summed E-state index contributed by atoms with van der Waals surface area (Å²) in [5, 5.41) is 8.87. The highest BCUT2D eigenvalue weighted by Gasteiger charge is 2.27. The van der Waals surface area contributed by atoms with Gasteiger partial charge in [0.25, 0.3) is 0 Å². The second kappa shape index (κ2) is 8.22. The van der Waals surface area contributed by atoms with Gasteiger partial charge in [-0.2, -0.15) is 0 Å². The lowest BCUT2D eigenvalue weighted by atomic mass is 10.0. The van der Waals surface area contributed by atoms with Gasteiger partial charge in [0, 0.05) is 32.6 Å². The van der Waals surface area contributed by atoms with E-state index in [-0.39, 0.29) is 12.0 Å². The van der Waals surface area contributed by atoms with Crippen molar-refractivity contribution in [2.75, 3.05) is 20.1 Å². The summed E-state index contributed by atoms with van der Waals surface area (Å²) in [5.41, 5.74) is -0.467. The van der Waals surface area contributed by atoms with E-state index in [0.717, 1.165) is 19.3 Å². The van der Waals surface area contributed by atoms with Crippen LogP contribution in [0.4, 0.5) is 4.79 Å². The first-order valence-corrected chi connectivity index (χ1v) is 7.72. The van der Waals surface area contributed by atoms with Crippen LogP contribution < -0.4 is 16.0 Å². The van der Waals surface area contributed by atoms with E-state index in [1.54, 1.807) is 7.05 Å². The van der Waals surface area contributed by atoms with Gasteiger partial charge in [-0.05, 0) is 39.5 Å². The van der Waals surface area contributed by atoms with Gasteiger partial charge >= 0.3 is 6.09 Å². The fraction of sp³-hybridized carbons (Fsp3) is 0.867. The van der Waals surface area contributed by atoms with Gasteiger partial charge in [-0.15, -0.1) is 0 Å². The molecule has 0 bridgehead atoms. The minimum Gasteiger partial charge on any atom is -0.444 e. The van der Waals surface area contributed by atoms with Crippen LogP contribution in [0.2, 0.25) is 0 Å². The average Bonchev–Trinajstić information content (AvgIpc) is 2.81. The van der Waals surface area contributed by atoms with Crippen LogP contribution in [0.15, 0.2) is 0 Å². The highest BCUT2D eigenvalue weighted by molar-refractivity contribution is 5.75. The van der Waals surface area contributed by atoms with E-state index in [1.807, 2.05) is 20.8 Å². The second-order valence-corrected chi connectivity index (χ2v) is 6.56. The van der Waals surface area contributed by atoms with Crippen LogP contribution in [-0.4, -0.2) is 43.8 Å². The predicted octanol–water partition coefficient (Wildman–Crippen LogP) is 1.41. The number of hydrogen-bond donors (Lipinski definition) is 3. The van der Waals surface area contributed by atoms with E-state index >= 15 is 0 Å². The summed E-state index contributed by atoms with van der Waals surface area (Å²) in [6.45, 7) is 6.85. The Morgan fingerprint density at radius 1 is 1.24 bits per heavy atom. The highest BCUT2D eigenvalue weighted by Crippen LogP contribution is 2.25. The van der Waals surface area contributed by atoms with Crippen LogP contribution in [0.1, 0.15) is 46.5 Å². The van der Waals surface area contributed by atoms with Crippen LogP contribution in [0.5, 0.6) is 0 Å². The average molecular weight is 299 g/mol. The Morgan fingerprint density at radius 3 is 2.57 bits per heavy atom. The summed E-state index contributed by atoms with van der Waals surface area (Å²) in [4.78, 5) is 22.8. The Kier molecular flexibility index (Phi) is 6.95. The van der Waals surface area contributed by atoms with Crippen molar-refractivity contribution in [1.82, 2.24) is 16.0 Å². The van der Waals surface area contributed by atoms with Crippen molar-refractivity contribution in [2.45, 2.75) is 58.1 Å². The van der Waals surface area contributed by atoms with Crippen molar-refractivity contribution >= 4 is 12.0 Å². The van der Waals surface area contributed by atoms with Crippen LogP contribution in [0.3, 0.4) is 0 Å². The topological polar surface area (TPSA) is 79.5 Å². The Hall–Kier alpha value is -1.30. The molecule has 0 heterocycles. The minimum absolute atomic E-state index is 0.0453. The van der Waals surface area contributed by atoms with Gasteiger partial charge < -0.3 is 20.7 Å². The summed E-state index contributed by atoms with van der Waals surface area (Å²) >= 11 is 0. The van der Waals surface area contributed by atoms with Crippen molar-refractivity contribution in [3.63, 3.8) is 0 Å². The molecule has 6 heteroatoms. The lowest BCUT2D eigenvalue weighted by molar-refractivity contribution is -0.120. The molecular formula is C15H29N3O3. The Balaban J connectivity index is 2.27. The molecule has 2 amide bonds. The van der Waals surface area contributed by atoms with Gasteiger partial charge in [-0.1, -0.05) is 6.42 Å². The zero-order valence-electron chi connectivity index (χ0n) is 13.6. The third-order valence-corrected chi connectivity index (χ3v) is 3.60. The maximum atomic E-state index is 11.7. The minimum atomic E-state index is -0.467. The predicted molar refractivity (Wildman–Crippen MR) is 82.1 cm³/mol. The second-order valence-electron chi connectivity index (χ2n) is 6.56. The van der Waals surface area contributed by atoms with Crippen molar-refractivity contribution < 1.29 is 14.3 Å². The first-order chi connectivity index (χ1) is 9.81. The molecule has 122 valence electrons. The molecule has 2 unspecified atom stereocenters. The SMILES string of the molecule is CNC(=O)CCNC1CCCC1CNC(=O)OC(C)(C)C. The molecule has 0 saturated heterocycles. The van der Waals surface area contributed by atoms with Gasteiger partial charge in [0.2, 0.25) is 5.91 Å². The number of ether oxygens (including phenoxy) is 1. The summed E-state index contributed by atoms with van der Waals surface area (Å²) < 4.78 is 5.24. The Bertz CT molecular complexity index is 353. The van der Waals surface area contributed by atoms with Gasteiger partial charge in [0.1, 0.15) is 5.60 Å². The van der Waals surface area contributed by atoms with Crippen molar-refractivity contribution in [2.24, 2.45) is 5.92 Å². The van der Waals surface area contributed by atoms with E-state index in [9.17, 15) is 9.59 Å². The summed E-state index contributed by atoms with van der Waals surface area (Å²) in [5.74, 6) is 0.450. The van der Waals surface area contributed by atoms with Crippen LogP contribution in [-0.2, 0) is 9.53 Å². The van der Waals surface area contributed by atoms with Crippen molar-refractivity contribution in [3.8, 4) is 0 Å². The number of nitrogens with one attached hydrogen (secondary N) is 3. The number of rotatable bonds is 6. The normalized spacial score (nSPS) is 21.9. The first kappa shape index (κ1) is 17.8. The standard InChI is InChI=1S/C15H29N3O3/c1-15(2,3)21-14(20)18-10-11-6-5-7-12(11)17-9-8-13(19)16-4/h11-12,17H,5-10H2,1-4H3,(H,16,19)(H,18,20). The molecule has 2 atom stereocenters. The van der Waals surface area contributed by atoms with E-state index < -0.39 is 5.60 Å². The number of alkyl carbamates (subject to hydrolysis) is 1. The molecule has 0 spiro atoms. The number of hydrogen-bond acceptors (Lipinski definition) is 4. The molecule has 6 nitrogen and oxygen atoms in total.